The topological polar surface area (TPSA) is 34.2 Å². The van der Waals surface area contributed by atoms with Crippen molar-refractivity contribution in [2.45, 2.75) is 116 Å². The fourth-order valence-corrected chi connectivity index (χ4v) is 2.86. The van der Waals surface area contributed by atoms with E-state index >= 15 is 0 Å². The lowest BCUT2D eigenvalue weighted by Gasteiger charge is -2.15. The first-order valence-corrected chi connectivity index (χ1v) is 14.1. The van der Waals surface area contributed by atoms with Gasteiger partial charge in [-0.15, -0.1) is 0 Å². The zero-order chi connectivity index (χ0) is 26.8. The van der Waals surface area contributed by atoms with Gasteiger partial charge in [0.25, 0.3) is 0 Å². The highest BCUT2D eigenvalue weighted by atomic mass is 16.5. The third kappa shape index (κ3) is 49.3. The third-order valence-corrected chi connectivity index (χ3v) is 5.66. The summed E-state index contributed by atoms with van der Waals surface area (Å²) in [6.07, 6.45) is 7.51. The van der Waals surface area contributed by atoms with Gasteiger partial charge in [0.1, 0.15) is 0 Å². The Morgan fingerprint density at radius 3 is 1.38 bits per heavy atom. The summed E-state index contributed by atoms with van der Waals surface area (Å²) in [7, 11) is 8.12. The number of ether oxygens (including phenoxy) is 3. The Morgan fingerprint density at radius 1 is 0.514 bits per heavy atom. The summed E-state index contributed by atoms with van der Waals surface area (Å²) in [4.78, 5) is 4.15. The van der Waals surface area contributed by atoms with Crippen LogP contribution in [0.2, 0.25) is 0 Å². The number of rotatable bonds is 19. The summed E-state index contributed by atoms with van der Waals surface area (Å²) in [6.45, 7) is 24.1. The van der Waals surface area contributed by atoms with Crippen molar-refractivity contribution in [3.63, 3.8) is 0 Å². The molecule has 0 spiro atoms. The third-order valence-electron chi connectivity index (χ3n) is 5.66. The average Bonchev–Trinajstić information content (AvgIpc) is 2.76. The van der Waals surface area contributed by atoms with Gasteiger partial charge in [-0.2, -0.15) is 0 Å². The molecule has 0 rings (SSSR count). The smallest absolute Gasteiger partial charge is 0.0985 e. The van der Waals surface area contributed by atoms with Crippen molar-refractivity contribution in [1.82, 2.24) is 9.80 Å². The standard InChI is InChI=1S/C13H28O.C9H21NO.C7H17NO.3CH4/c1-5-12(6-2)9-10-14-11-13(7-3)8-4;1-9(2)5-7-11-8-6-10(3)4;1-7(2)5-9-6-8(3)4;;;/h12-13H,5-11H2,1-4H3;9H,5-8H2,1-4H3;7H,5-6H2,1-4H3;3*1H4. The van der Waals surface area contributed by atoms with Gasteiger partial charge in [-0.05, 0) is 64.7 Å². The second-order valence-electron chi connectivity index (χ2n) is 10.8. The van der Waals surface area contributed by atoms with Gasteiger partial charge < -0.3 is 19.1 Å². The fraction of sp³-hybridized carbons (Fsp3) is 1.00. The van der Waals surface area contributed by atoms with Crippen molar-refractivity contribution < 1.29 is 14.2 Å². The first-order chi connectivity index (χ1) is 16.0. The van der Waals surface area contributed by atoms with E-state index in [0.29, 0.717) is 5.92 Å². The van der Waals surface area contributed by atoms with Crippen LogP contribution in [0.3, 0.4) is 0 Å². The fourth-order valence-electron chi connectivity index (χ4n) is 2.86. The molecule has 0 fully saturated rings. The number of likely N-dealkylation sites (N-methyl/N-ethyl adjacent to an activating group) is 1. The molecule has 0 aliphatic rings. The quantitative estimate of drug-likeness (QED) is 0.121. The molecule has 0 radical (unpaired) electrons. The molecule has 0 aliphatic carbocycles. The minimum Gasteiger partial charge on any atom is -0.381 e. The average molecular weight is 539 g/mol. The Labute approximate surface area is 238 Å². The van der Waals surface area contributed by atoms with Crippen LogP contribution in [-0.2, 0) is 14.2 Å². The van der Waals surface area contributed by atoms with Gasteiger partial charge in [0.2, 0.25) is 0 Å². The van der Waals surface area contributed by atoms with Gasteiger partial charge in [-0.1, -0.05) is 103 Å². The lowest BCUT2D eigenvalue weighted by Crippen LogP contribution is -2.18. The Morgan fingerprint density at radius 2 is 1.00 bits per heavy atom. The zero-order valence-electron chi connectivity index (χ0n) is 25.6. The monoisotopic (exact) mass is 539 g/mol. The molecular weight excluding hydrogens is 460 g/mol. The van der Waals surface area contributed by atoms with E-state index in [2.05, 4.69) is 74.4 Å². The minimum absolute atomic E-state index is 0. The predicted molar refractivity (Wildman–Crippen MR) is 172 cm³/mol. The second kappa shape index (κ2) is 37.9. The largest absolute Gasteiger partial charge is 0.381 e. The highest BCUT2D eigenvalue weighted by Gasteiger charge is 2.05. The minimum atomic E-state index is 0. The molecule has 0 heterocycles. The molecule has 5 nitrogen and oxygen atoms in total. The van der Waals surface area contributed by atoms with Gasteiger partial charge >= 0.3 is 0 Å². The van der Waals surface area contributed by atoms with E-state index < -0.39 is 0 Å². The molecule has 0 saturated carbocycles. The van der Waals surface area contributed by atoms with Gasteiger partial charge in [0.05, 0.1) is 19.9 Å². The van der Waals surface area contributed by atoms with E-state index in [1.165, 1.54) is 38.5 Å². The van der Waals surface area contributed by atoms with Gasteiger partial charge in [-0.25, -0.2) is 0 Å². The van der Waals surface area contributed by atoms with Gasteiger partial charge in [0.15, 0.2) is 0 Å². The Balaban J connectivity index is -0.0000000958. The number of hydrogen-bond acceptors (Lipinski definition) is 5. The maximum atomic E-state index is 5.71. The van der Waals surface area contributed by atoms with Crippen LogP contribution in [0.25, 0.3) is 0 Å². The molecule has 0 aromatic rings. The van der Waals surface area contributed by atoms with Crippen LogP contribution in [0.15, 0.2) is 0 Å². The van der Waals surface area contributed by atoms with Gasteiger partial charge in [-0.3, -0.25) is 4.90 Å². The lowest BCUT2D eigenvalue weighted by molar-refractivity contribution is 0.0406. The summed E-state index contributed by atoms with van der Waals surface area (Å²) in [5.41, 5.74) is 0. The predicted octanol–water partition coefficient (Wildman–Crippen LogP) is 8.96. The van der Waals surface area contributed by atoms with Crippen LogP contribution in [0.1, 0.15) is 116 Å². The van der Waals surface area contributed by atoms with Gasteiger partial charge in [0, 0.05) is 26.4 Å². The SMILES string of the molecule is C.C.C.CC(C)CCOCCN(C)C.CC(C)COCN(C)C.CCC(CC)CCOCC(CC)CC. The molecule has 0 atom stereocenters. The lowest BCUT2D eigenvalue weighted by atomic mass is 10.0. The van der Waals surface area contributed by atoms with Crippen molar-refractivity contribution in [3.05, 3.63) is 0 Å². The zero-order valence-corrected chi connectivity index (χ0v) is 25.6. The van der Waals surface area contributed by atoms with Crippen molar-refractivity contribution in [2.75, 3.05) is 74.5 Å². The highest BCUT2D eigenvalue weighted by molar-refractivity contribution is 4.56. The van der Waals surface area contributed by atoms with Crippen LogP contribution < -0.4 is 0 Å². The first kappa shape index (κ1) is 49.7. The molecule has 37 heavy (non-hydrogen) atoms. The molecule has 5 heteroatoms. The summed E-state index contributed by atoms with van der Waals surface area (Å²) < 4.78 is 16.4. The van der Waals surface area contributed by atoms with E-state index in [-0.39, 0.29) is 22.3 Å². The van der Waals surface area contributed by atoms with E-state index in [9.17, 15) is 0 Å². The number of nitrogens with zero attached hydrogens (tertiary/aromatic N) is 2. The second-order valence-corrected chi connectivity index (χ2v) is 10.8. The number of hydrogen-bond donors (Lipinski definition) is 0. The Bertz CT molecular complexity index is 324. The molecule has 0 bridgehead atoms. The van der Waals surface area contributed by atoms with Crippen LogP contribution in [0.5, 0.6) is 0 Å². The molecule has 0 aromatic heterocycles. The van der Waals surface area contributed by atoms with Crippen molar-refractivity contribution in [3.8, 4) is 0 Å². The van der Waals surface area contributed by atoms with Crippen LogP contribution in [0, 0.1) is 23.7 Å². The molecule has 0 aromatic carbocycles. The van der Waals surface area contributed by atoms with Crippen molar-refractivity contribution in [2.24, 2.45) is 23.7 Å². The normalized spacial score (nSPS) is 10.5. The summed E-state index contributed by atoms with van der Waals surface area (Å²) in [5.74, 6) is 3.05. The summed E-state index contributed by atoms with van der Waals surface area (Å²) >= 11 is 0. The molecule has 0 N–H and O–H groups in total. The summed E-state index contributed by atoms with van der Waals surface area (Å²) in [5, 5.41) is 0. The van der Waals surface area contributed by atoms with Crippen molar-refractivity contribution in [1.29, 1.82) is 0 Å². The van der Waals surface area contributed by atoms with E-state index in [4.69, 9.17) is 14.2 Å². The van der Waals surface area contributed by atoms with E-state index in [1.54, 1.807) is 0 Å². The summed E-state index contributed by atoms with van der Waals surface area (Å²) in [6, 6.07) is 0. The molecule has 0 saturated heterocycles. The molecule has 0 aliphatic heterocycles. The van der Waals surface area contributed by atoms with Crippen molar-refractivity contribution >= 4 is 0 Å². The molecule has 0 unspecified atom stereocenters. The maximum absolute atomic E-state index is 5.71. The molecular formula is C32H78N2O3. The van der Waals surface area contributed by atoms with Crippen LogP contribution >= 0.6 is 0 Å². The Kier molecular flexibility index (Phi) is 51.0. The molecule has 234 valence electrons. The highest BCUT2D eigenvalue weighted by Crippen LogP contribution is 2.13. The van der Waals surface area contributed by atoms with E-state index in [0.717, 1.165) is 64.1 Å². The maximum Gasteiger partial charge on any atom is 0.0985 e. The van der Waals surface area contributed by atoms with Crippen LogP contribution in [-0.4, -0.2) is 84.3 Å². The first-order valence-electron chi connectivity index (χ1n) is 14.1. The van der Waals surface area contributed by atoms with E-state index in [1.807, 2.05) is 19.0 Å². The van der Waals surface area contributed by atoms with Crippen LogP contribution in [0.4, 0.5) is 0 Å². The molecule has 0 amide bonds. The Hall–Kier alpha value is -0.200.